The summed E-state index contributed by atoms with van der Waals surface area (Å²) in [6.45, 7) is 2.92. The molecule has 2 rings (SSSR count). The number of unbranched alkanes of at least 4 members (excludes halogenated alkanes) is 1. The molecule has 0 unspecified atom stereocenters. The molecule has 0 aliphatic heterocycles. The van der Waals surface area contributed by atoms with Crippen molar-refractivity contribution in [3.05, 3.63) is 53.5 Å². The molecular formula is C20H22N2O4. The second-order valence-electron chi connectivity index (χ2n) is 5.54. The van der Waals surface area contributed by atoms with Crippen LogP contribution in [0.4, 0.5) is 0 Å². The van der Waals surface area contributed by atoms with E-state index in [9.17, 15) is 10.1 Å². The summed E-state index contributed by atoms with van der Waals surface area (Å²) < 4.78 is 16.2. The number of hydrogen-bond donors (Lipinski definition) is 1. The van der Waals surface area contributed by atoms with E-state index in [4.69, 9.17) is 13.9 Å². The third-order valence-corrected chi connectivity index (χ3v) is 3.62. The maximum absolute atomic E-state index is 12.2. The van der Waals surface area contributed by atoms with Gasteiger partial charge in [0.05, 0.1) is 26.5 Å². The van der Waals surface area contributed by atoms with Crippen LogP contribution in [0.25, 0.3) is 6.08 Å². The lowest BCUT2D eigenvalue weighted by atomic mass is 10.1. The van der Waals surface area contributed by atoms with Gasteiger partial charge in [0.1, 0.15) is 17.4 Å². The van der Waals surface area contributed by atoms with E-state index in [1.54, 1.807) is 37.4 Å². The van der Waals surface area contributed by atoms with Crippen LogP contribution in [0.5, 0.6) is 11.5 Å². The highest BCUT2D eigenvalue weighted by Crippen LogP contribution is 2.29. The normalized spacial score (nSPS) is 10.9. The van der Waals surface area contributed by atoms with Crippen LogP contribution in [-0.2, 0) is 11.3 Å². The number of nitriles is 1. The molecule has 6 nitrogen and oxygen atoms in total. The molecule has 0 atom stereocenters. The van der Waals surface area contributed by atoms with E-state index in [0.717, 1.165) is 12.8 Å². The van der Waals surface area contributed by atoms with Crippen LogP contribution in [0.1, 0.15) is 31.1 Å². The number of rotatable bonds is 9. The summed E-state index contributed by atoms with van der Waals surface area (Å²) in [6, 6.07) is 10.7. The summed E-state index contributed by atoms with van der Waals surface area (Å²) in [5.74, 6) is 1.35. The largest absolute Gasteiger partial charge is 0.493 e. The first-order valence-electron chi connectivity index (χ1n) is 8.41. The molecule has 1 aromatic heterocycles. The Labute approximate surface area is 153 Å². The molecule has 0 saturated heterocycles. The minimum atomic E-state index is -0.467. The molecule has 1 N–H and O–H groups in total. The van der Waals surface area contributed by atoms with Gasteiger partial charge in [0.25, 0.3) is 5.91 Å². The predicted molar refractivity (Wildman–Crippen MR) is 97.5 cm³/mol. The lowest BCUT2D eigenvalue weighted by Gasteiger charge is -2.11. The van der Waals surface area contributed by atoms with Crippen molar-refractivity contribution in [2.75, 3.05) is 13.7 Å². The smallest absolute Gasteiger partial charge is 0.262 e. The zero-order chi connectivity index (χ0) is 18.8. The van der Waals surface area contributed by atoms with Crippen LogP contribution in [0.15, 0.2) is 46.6 Å². The van der Waals surface area contributed by atoms with Crippen molar-refractivity contribution < 1.29 is 18.7 Å². The van der Waals surface area contributed by atoms with Crippen LogP contribution >= 0.6 is 0 Å². The third-order valence-electron chi connectivity index (χ3n) is 3.62. The van der Waals surface area contributed by atoms with E-state index in [0.29, 0.717) is 29.4 Å². The third kappa shape index (κ3) is 5.42. The topological polar surface area (TPSA) is 84.5 Å². The van der Waals surface area contributed by atoms with E-state index >= 15 is 0 Å². The first kappa shape index (κ1) is 19.1. The quantitative estimate of drug-likeness (QED) is 0.422. The van der Waals surface area contributed by atoms with Crippen molar-refractivity contribution >= 4 is 12.0 Å². The number of methoxy groups -OCH3 is 1. The molecule has 0 fully saturated rings. The van der Waals surface area contributed by atoms with Gasteiger partial charge in [-0.05, 0) is 42.3 Å². The molecule has 6 heteroatoms. The fourth-order valence-corrected chi connectivity index (χ4v) is 2.21. The minimum absolute atomic E-state index is 0.00161. The molecule has 1 aromatic carbocycles. The summed E-state index contributed by atoms with van der Waals surface area (Å²) >= 11 is 0. The Hall–Kier alpha value is -3.20. The maximum atomic E-state index is 12.2. The highest BCUT2D eigenvalue weighted by molar-refractivity contribution is 6.01. The van der Waals surface area contributed by atoms with Gasteiger partial charge in [-0.3, -0.25) is 4.79 Å². The highest BCUT2D eigenvalue weighted by Gasteiger charge is 2.11. The Bertz CT molecular complexity index is 789. The van der Waals surface area contributed by atoms with Crippen molar-refractivity contribution in [3.8, 4) is 17.6 Å². The van der Waals surface area contributed by atoms with E-state index in [1.165, 1.54) is 12.3 Å². The van der Waals surface area contributed by atoms with E-state index in [2.05, 4.69) is 12.2 Å². The van der Waals surface area contributed by atoms with Crippen LogP contribution in [0, 0.1) is 11.3 Å². The fraction of sp³-hybridized carbons (Fsp3) is 0.300. The Morgan fingerprint density at radius 2 is 2.19 bits per heavy atom. The van der Waals surface area contributed by atoms with Crippen molar-refractivity contribution in [2.24, 2.45) is 0 Å². The van der Waals surface area contributed by atoms with Gasteiger partial charge in [-0.15, -0.1) is 0 Å². The van der Waals surface area contributed by atoms with Crippen LogP contribution in [0.2, 0.25) is 0 Å². The highest BCUT2D eigenvalue weighted by atomic mass is 16.5. The Balaban J connectivity index is 2.09. The number of benzene rings is 1. The first-order chi connectivity index (χ1) is 12.7. The molecular weight excluding hydrogens is 332 g/mol. The Morgan fingerprint density at radius 1 is 1.35 bits per heavy atom. The van der Waals surface area contributed by atoms with Crippen molar-refractivity contribution in [1.82, 2.24) is 5.32 Å². The average molecular weight is 354 g/mol. The standard InChI is InChI=1S/C20H22N2O4/c1-3-4-9-26-18-8-7-15(12-19(18)24-2)11-16(13-21)20(23)22-14-17-6-5-10-25-17/h5-8,10-12H,3-4,9,14H2,1-2H3,(H,22,23)/b16-11-. The van der Waals surface area contributed by atoms with Gasteiger partial charge in [0.2, 0.25) is 0 Å². The maximum Gasteiger partial charge on any atom is 0.262 e. The monoisotopic (exact) mass is 354 g/mol. The summed E-state index contributed by atoms with van der Waals surface area (Å²) in [6.07, 6.45) is 5.04. The summed E-state index contributed by atoms with van der Waals surface area (Å²) in [5.41, 5.74) is 0.674. The summed E-state index contributed by atoms with van der Waals surface area (Å²) in [7, 11) is 1.55. The SMILES string of the molecule is CCCCOc1ccc(/C=C(/C#N)C(=O)NCc2ccco2)cc1OC. The molecule has 0 saturated carbocycles. The molecule has 0 aliphatic carbocycles. The number of nitrogens with one attached hydrogen (secondary N) is 1. The van der Waals surface area contributed by atoms with E-state index in [-0.39, 0.29) is 12.1 Å². The number of ether oxygens (including phenoxy) is 2. The number of hydrogen-bond acceptors (Lipinski definition) is 5. The van der Waals surface area contributed by atoms with Gasteiger partial charge in [0.15, 0.2) is 11.5 Å². The molecule has 1 heterocycles. The van der Waals surface area contributed by atoms with Crippen molar-refractivity contribution in [2.45, 2.75) is 26.3 Å². The molecule has 0 bridgehead atoms. The molecule has 2 aromatic rings. The fourth-order valence-electron chi connectivity index (χ4n) is 2.21. The second kappa shape index (κ2) is 9.94. The number of furan rings is 1. The minimum Gasteiger partial charge on any atom is -0.493 e. The Morgan fingerprint density at radius 3 is 2.85 bits per heavy atom. The van der Waals surface area contributed by atoms with Gasteiger partial charge in [-0.1, -0.05) is 19.4 Å². The number of amides is 1. The molecule has 26 heavy (non-hydrogen) atoms. The zero-order valence-corrected chi connectivity index (χ0v) is 15.0. The van der Waals surface area contributed by atoms with Crippen LogP contribution in [-0.4, -0.2) is 19.6 Å². The zero-order valence-electron chi connectivity index (χ0n) is 15.0. The van der Waals surface area contributed by atoms with E-state index < -0.39 is 5.91 Å². The number of carbonyl (C=O) groups is 1. The van der Waals surface area contributed by atoms with Crippen molar-refractivity contribution in [1.29, 1.82) is 5.26 Å². The number of carbonyl (C=O) groups excluding carboxylic acids is 1. The van der Waals surface area contributed by atoms with Crippen LogP contribution < -0.4 is 14.8 Å². The lowest BCUT2D eigenvalue weighted by molar-refractivity contribution is -0.117. The second-order valence-corrected chi connectivity index (χ2v) is 5.54. The molecule has 0 spiro atoms. The van der Waals surface area contributed by atoms with E-state index in [1.807, 2.05) is 6.07 Å². The van der Waals surface area contributed by atoms with Crippen molar-refractivity contribution in [3.63, 3.8) is 0 Å². The number of nitrogens with zero attached hydrogens (tertiary/aromatic N) is 1. The molecule has 0 aliphatic rings. The summed E-state index contributed by atoms with van der Waals surface area (Å²) in [5, 5.41) is 11.9. The lowest BCUT2D eigenvalue weighted by Crippen LogP contribution is -2.23. The van der Waals surface area contributed by atoms with Gasteiger partial charge in [0, 0.05) is 0 Å². The van der Waals surface area contributed by atoms with Gasteiger partial charge in [-0.25, -0.2) is 0 Å². The molecule has 0 radical (unpaired) electrons. The van der Waals surface area contributed by atoms with Gasteiger partial charge in [-0.2, -0.15) is 5.26 Å². The predicted octanol–water partition coefficient (Wildman–Crippen LogP) is 3.69. The first-order valence-corrected chi connectivity index (χ1v) is 8.41. The van der Waals surface area contributed by atoms with Gasteiger partial charge < -0.3 is 19.2 Å². The molecule has 136 valence electrons. The molecule has 1 amide bonds. The summed E-state index contributed by atoms with van der Waals surface area (Å²) in [4.78, 5) is 12.2. The average Bonchev–Trinajstić information content (AvgIpc) is 3.18. The van der Waals surface area contributed by atoms with Gasteiger partial charge >= 0.3 is 0 Å². The van der Waals surface area contributed by atoms with Crippen LogP contribution in [0.3, 0.4) is 0 Å². The Kier molecular flexibility index (Phi) is 7.31.